The molecule has 0 aliphatic carbocycles. The van der Waals surface area contributed by atoms with Gasteiger partial charge in [-0.1, -0.05) is 26.8 Å². The molecule has 1 N–H and O–H groups in total. The molecular weight excluding hydrogens is 218 g/mol. The molecule has 0 bridgehead atoms. The molecule has 1 aromatic rings. The van der Waals surface area contributed by atoms with Gasteiger partial charge in [0, 0.05) is 24.1 Å². The minimum atomic E-state index is 0.489. The van der Waals surface area contributed by atoms with Gasteiger partial charge >= 0.3 is 0 Å². The molecule has 16 heavy (non-hydrogen) atoms. The molecule has 92 valence electrons. The lowest BCUT2D eigenvalue weighted by Gasteiger charge is -2.15. The molecule has 0 aliphatic heterocycles. The normalized spacial score (nSPS) is 13.2. The van der Waals surface area contributed by atoms with Crippen molar-refractivity contribution in [1.82, 2.24) is 5.32 Å². The zero-order valence-electron chi connectivity index (χ0n) is 10.5. The Bertz CT molecular complexity index is 259. The first-order valence-corrected chi connectivity index (χ1v) is 6.96. The van der Waals surface area contributed by atoms with Gasteiger partial charge in [0.05, 0.1) is 6.61 Å². The maximum Gasteiger partial charge on any atom is 0.0591 e. The smallest absolute Gasteiger partial charge is 0.0591 e. The Balaban J connectivity index is 2.15. The Morgan fingerprint density at radius 2 is 2.25 bits per heavy atom. The summed E-state index contributed by atoms with van der Waals surface area (Å²) in [4.78, 5) is 1.42. The molecule has 2 nitrogen and oxygen atoms in total. The van der Waals surface area contributed by atoms with Crippen LogP contribution in [0.4, 0.5) is 0 Å². The highest BCUT2D eigenvalue weighted by Gasteiger charge is 2.08. The summed E-state index contributed by atoms with van der Waals surface area (Å²) in [6.45, 7) is 9.16. The van der Waals surface area contributed by atoms with Crippen LogP contribution in [0.2, 0.25) is 0 Å². The third-order valence-electron chi connectivity index (χ3n) is 2.38. The van der Waals surface area contributed by atoms with E-state index in [2.05, 4.69) is 43.6 Å². The summed E-state index contributed by atoms with van der Waals surface area (Å²) < 4.78 is 5.55. The first-order chi connectivity index (χ1) is 7.74. The first kappa shape index (κ1) is 13.7. The van der Waals surface area contributed by atoms with Gasteiger partial charge in [-0.25, -0.2) is 0 Å². The molecule has 1 heterocycles. The zero-order valence-corrected chi connectivity index (χ0v) is 11.3. The van der Waals surface area contributed by atoms with Crippen LogP contribution in [-0.2, 0) is 4.74 Å². The van der Waals surface area contributed by atoms with Crippen LogP contribution in [-0.4, -0.2) is 19.8 Å². The Kier molecular flexibility index (Phi) is 6.69. The van der Waals surface area contributed by atoms with Gasteiger partial charge in [0.2, 0.25) is 0 Å². The highest BCUT2D eigenvalue weighted by Crippen LogP contribution is 2.21. The van der Waals surface area contributed by atoms with Gasteiger partial charge in [0.1, 0.15) is 0 Å². The summed E-state index contributed by atoms with van der Waals surface area (Å²) in [6, 6.07) is 4.79. The predicted molar refractivity (Wildman–Crippen MR) is 71.0 cm³/mol. The van der Waals surface area contributed by atoms with Gasteiger partial charge in [-0.2, -0.15) is 0 Å². The number of rotatable bonds is 8. The van der Waals surface area contributed by atoms with Crippen molar-refractivity contribution in [2.24, 2.45) is 5.92 Å². The van der Waals surface area contributed by atoms with Crippen molar-refractivity contribution in [3.05, 3.63) is 22.4 Å². The van der Waals surface area contributed by atoms with Crippen molar-refractivity contribution in [1.29, 1.82) is 0 Å². The highest BCUT2D eigenvalue weighted by molar-refractivity contribution is 7.10. The summed E-state index contributed by atoms with van der Waals surface area (Å²) in [6.07, 6.45) is 1.13. The van der Waals surface area contributed by atoms with E-state index in [4.69, 9.17) is 4.74 Å². The third-order valence-corrected chi connectivity index (χ3v) is 3.37. The zero-order chi connectivity index (χ0) is 11.8. The number of thiophene rings is 1. The van der Waals surface area contributed by atoms with Gasteiger partial charge in [0.15, 0.2) is 0 Å². The van der Waals surface area contributed by atoms with Crippen LogP contribution >= 0.6 is 11.3 Å². The molecule has 0 radical (unpaired) electrons. The molecule has 1 aromatic heterocycles. The maximum absolute atomic E-state index is 5.55. The topological polar surface area (TPSA) is 21.3 Å². The second-order valence-corrected chi connectivity index (χ2v) is 5.38. The summed E-state index contributed by atoms with van der Waals surface area (Å²) in [5.74, 6) is 0.624. The van der Waals surface area contributed by atoms with Gasteiger partial charge in [-0.15, -0.1) is 11.3 Å². The minimum absolute atomic E-state index is 0.489. The van der Waals surface area contributed by atoms with Crippen LogP contribution in [0.25, 0.3) is 0 Å². The number of nitrogens with one attached hydrogen (secondary N) is 1. The van der Waals surface area contributed by atoms with Crippen LogP contribution in [0.5, 0.6) is 0 Å². The Hall–Kier alpha value is -0.380. The molecule has 0 aliphatic rings. The fourth-order valence-electron chi connectivity index (χ4n) is 1.56. The first-order valence-electron chi connectivity index (χ1n) is 6.08. The minimum Gasteiger partial charge on any atom is -0.380 e. The molecule has 0 spiro atoms. The lowest BCUT2D eigenvalue weighted by molar-refractivity contribution is 0.110. The Morgan fingerprint density at radius 3 is 2.81 bits per heavy atom. The largest absolute Gasteiger partial charge is 0.380 e. The molecule has 1 unspecified atom stereocenters. The van der Waals surface area contributed by atoms with Crippen LogP contribution < -0.4 is 5.32 Å². The summed E-state index contributed by atoms with van der Waals surface area (Å²) in [7, 11) is 0. The lowest BCUT2D eigenvalue weighted by atomic mass is 10.2. The van der Waals surface area contributed by atoms with E-state index in [9.17, 15) is 0 Å². The molecule has 1 atom stereocenters. The fraction of sp³-hybridized carbons (Fsp3) is 0.692. The van der Waals surface area contributed by atoms with Gasteiger partial charge in [-0.3, -0.25) is 0 Å². The van der Waals surface area contributed by atoms with Gasteiger partial charge in [-0.05, 0) is 23.8 Å². The van der Waals surface area contributed by atoms with Crippen molar-refractivity contribution in [3.8, 4) is 0 Å². The Morgan fingerprint density at radius 1 is 1.44 bits per heavy atom. The third kappa shape index (κ3) is 5.10. The van der Waals surface area contributed by atoms with Crippen LogP contribution in [0.3, 0.4) is 0 Å². The number of ether oxygens (including phenoxy) is 1. The average molecular weight is 241 g/mol. The maximum atomic E-state index is 5.55. The summed E-state index contributed by atoms with van der Waals surface area (Å²) in [5.41, 5.74) is 0. The molecule has 1 rings (SSSR count). The number of hydrogen-bond acceptors (Lipinski definition) is 3. The number of hydrogen-bond donors (Lipinski definition) is 1. The van der Waals surface area contributed by atoms with E-state index in [-0.39, 0.29) is 0 Å². The van der Waals surface area contributed by atoms with Crippen LogP contribution in [0.15, 0.2) is 17.5 Å². The summed E-state index contributed by atoms with van der Waals surface area (Å²) in [5, 5.41) is 5.66. The van der Waals surface area contributed by atoms with Gasteiger partial charge in [0.25, 0.3) is 0 Å². The SMILES string of the molecule is CCC(NCCOCC(C)C)c1cccs1. The molecular formula is C13H23NOS. The monoisotopic (exact) mass is 241 g/mol. The van der Waals surface area contributed by atoms with Crippen molar-refractivity contribution < 1.29 is 4.74 Å². The predicted octanol–water partition coefficient (Wildman–Crippen LogP) is 3.46. The van der Waals surface area contributed by atoms with E-state index in [0.29, 0.717) is 12.0 Å². The highest BCUT2D eigenvalue weighted by atomic mass is 32.1. The average Bonchev–Trinajstić information content (AvgIpc) is 2.76. The quantitative estimate of drug-likeness (QED) is 0.704. The molecule has 0 aromatic carbocycles. The van der Waals surface area contributed by atoms with Crippen LogP contribution in [0, 0.1) is 5.92 Å². The lowest BCUT2D eigenvalue weighted by Crippen LogP contribution is -2.24. The van der Waals surface area contributed by atoms with E-state index < -0.39 is 0 Å². The Labute approximate surface area is 103 Å². The van der Waals surface area contributed by atoms with Crippen molar-refractivity contribution in [2.45, 2.75) is 33.2 Å². The molecule has 3 heteroatoms. The van der Waals surface area contributed by atoms with Crippen molar-refractivity contribution in [3.63, 3.8) is 0 Å². The second kappa shape index (κ2) is 7.82. The fourth-order valence-corrected chi connectivity index (χ4v) is 2.45. The van der Waals surface area contributed by atoms with E-state index >= 15 is 0 Å². The van der Waals surface area contributed by atoms with E-state index in [1.54, 1.807) is 0 Å². The van der Waals surface area contributed by atoms with Gasteiger partial charge < -0.3 is 10.1 Å². The second-order valence-electron chi connectivity index (χ2n) is 4.40. The van der Waals surface area contributed by atoms with Crippen molar-refractivity contribution in [2.75, 3.05) is 19.8 Å². The molecule has 0 amide bonds. The van der Waals surface area contributed by atoms with E-state index in [0.717, 1.165) is 26.2 Å². The standard InChI is InChI=1S/C13H23NOS/c1-4-12(13-6-5-9-16-13)14-7-8-15-10-11(2)3/h5-6,9,11-12,14H,4,7-8,10H2,1-3H3. The van der Waals surface area contributed by atoms with Crippen molar-refractivity contribution >= 4 is 11.3 Å². The van der Waals surface area contributed by atoms with E-state index in [1.807, 2.05) is 11.3 Å². The van der Waals surface area contributed by atoms with Crippen LogP contribution in [0.1, 0.15) is 38.1 Å². The summed E-state index contributed by atoms with van der Waals surface area (Å²) >= 11 is 1.82. The van der Waals surface area contributed by atoms with E-state index in [1.165, 1.54) is 4.88 Å². The molecule has 0 fully saturated rings. The molecule has 0 saturated carbocycles. The molecule has 0 saturated heterocycles.